The zero-order valence-electron chi connectivity index (χ0n) is 34.3. The first-order valence-corrected chi connectivity index (χ1v) is 32.9. The zero-order chi connectivity index (χ0) is 49.0. The van der Waals surface area contributed by atoms with Crippen LogP contribution < -0.4 is 21.3 Å². The third-order valence-corrected chi connectivity index (χ3v) is 11.6. The first-order valence-electron chi connectivity index (χ1n) is 18.1. The standard InChI is InChI=1S/C14H26N4O4S4.C9H15O6P.C7H14N2O2S2.C2H6.3CH4.2ClH.O.Sn.Tc/c19-11(7-23)15-3-1-5-17-13(21)9-25-26-10-14(22)18-6-2-4-16-12(20)8-24;10-7(11)1-4-16(5-2-8(12)13)6-3-9(14)15;10-6(4-12)8-2-1-3-9-7(11)5-13;1-2;;;;;;;;/h23-24H,1-10H2,(H,15,19)(H,16,20)(H,17,21)(H,18,22);1-6H2,(H,10,11)(H,12,13)(H,14,15);1-5H2,(H4,8,9,10,11,12,13);1-2H3;3*1H4;2*1H;;;/q;;;;;;;;;;+2;+4/p-6. The van der Waals surface area contributed by atoms with Gasteiger partial charge in [0.15, 0.2) is 0 Å². The predicted octanol–water partition coefficient (Wildman–Crippen LogP) is 4.45. The van der Waals surface area contributed by atoms with Gasteiger partial charge in [0, 0.05) is 57.3 Å². The molecule has 0 rings (SSSR count). The topological polar surface area (TPSA) is 308 Å². The van der Waals surface area contributed by atoms with E-state index in [1.165, 1.54) is 21.6 Å². The van der Waals surface area contributed by atoms with Gasteiger partial charge in [0.25, 0.3) is 0 Å². The van der Waals surface area contributed by atoms with Gasteiger partial charge in [-0.1, -0.05) is 64.1 Å². The normalized spacial score (nSPS) is 8.91. The first-order chi connectivity index (χ1) is 29.5. The van der Waals surface area contributed by atoms with Crippen molar-refractivity contribution in [2.45, 2.75) is 74.7 Å². The van der Waals surface area contributed by atoms with Crippen LogP contribution in [0.15, 0.2) is 0 Å². The fraction of sp³-hybridized carbons (Fsp3) is 0.743. The molecule has 0 aliphatic heterocycles. The predicted molar refractivity (Wildman–Crippen MR) is 277 cm³/mol. The van der Waals surface area contributed by atoms with Crippen molar-refractivity contribution < 1.29 is 80.8 Å². The van der Waals surface area contributed by atoms with Crippen molar-refractivity contribution in [1.82, 2.24) is 21.3 Å². The summed E-state index contributed by atoms with van der Waals surface area (Å²) in [5.41, 5.74) is 0. The Balaban J connectivity index is -0.0000000994. The second kappa shape index (κ2) is 70.2. The van der Waals surface area contributed by atoms with Crippen molar-refractivity contribution in [3.8, 4) is 0 Å². The second-order valence-electron chi connectivity index (χ2n) is 10.5. The van der Waals surface area contributed by atoms with Crippen molar-refractivity contribution >= 4 is 170 Å². The Kier molecular flexibility index (Phi) is 91.2. The van der Waals surface area contributed by atoms with Crippen LogP contribution in [0.5, 0.6) is 0 Å². The summed E-state index contributed by atoms with van der Waals surface area (Å²) in [6.07, 6.45) is 3.00. The van der Waals surface area contributed by atoms with Crippen LogP contribution >= 0.6 is 72.6 Å². The van der Waals surface area contributed by atoms with Crippen LogP contribution in [0.4, 0.5) is 0 Å². The number of aliphatic carboxylic acids is 3. The van der Waals surface area contributed by atoms with Gasteiger partial charge in [-0.05, 0) is 31.3 Å². The van der Waals surface area contributed by atoms with Crippen LogP contribution in [0.3, 0.4) is 0 Å². The molecule has 0 fully saturated rings. The number of hydrogen-bond donors (Lipinski definition) is 9. The molecule has 6 amide bonds. The summed E-state index contributed by atoms with van der Waals surface area (Å²) >= 11 is 16.7. The van der Waals surface area contributed by atoms with Gasteiger partial charge in [0.05, 0.1) is 23.0 Å². The summed E-state index contributed by atoms with van der Waals surface area (Å²) in [7, 11) is 11.7. The van der Waals surface area contributed by atoms with Crippen molar-refractivity contribution in [3.63, 3.8) is 0 Å². The molecule has 0 bridgehead atoms. The minimum absolute atomic E-state index is 0. The van der Waals surface area contributed by atoms with E-state index >= 15 is 0 Å². The summed E-state index contributed by atoms with van der Waals surface area (Å²) in [5.74, 6) is -2.99. The molecule has 0 heterocycles. The van der Waals surface area contributed by atoms with E-state index in [1.54, 1.807) is 0 Å². The fourth-order valence-corrected chi connectivity index (χ4v) is 7.49. The van der Waals surface area contributed by atoms with Crippen molar-refractivity contribution in [2.24, 2.45) is 0 Å². The van der Waals surface area contributed by atoms with Gasteiger partial charge >= 0.3 is 77.0 Å². The third kappa shape index (κ3) is 84.0. The minimum atomic E-state index is -0.932. The van der Waals surface area contributed by atoms with Gasteiger partial charge in [0.1, 0.15) is 0 Å². The molecule has 0 aromatic rings. The molecule has 0 aliphatic carbocycles. The number of carboxylic acid groups (broad SMARTS) is 3. The molecule has 0 aromatic heterocycles. The van der Waals surface area contributed by atoms with Gasteiger partial charge in [-0.3, -0.25) is 33.6 Å². The van der Waals surface area contributed by atoms with Gasteiger partial charge in [-0.15, -0.1) is 32.5 Å². The molecule has 383 valence electrons. The van der Waals surface area contributed by atoms with E-state index in [-0.39, 0.29) is 112 Å². The van der Waals surface area contributed by atoms with Crippen LogP contribution in [0, 0.1) is 0 Å². The number of carbonyl (C=O) groups excluding carboxylic acids is 6. The van der Waals surface area contributed by atoms with Crippen molar-refractivity contribution in [2.75, 3.05) is 92.3 Å². The van der Waals surface area contributed by atoms with E-state index in [2.05, 4.69) is 82.4 Å². The molecule has 0 saturated heterocycles. The molecule has 19 nitrogen and oxygen atoms in total. The fourth-order valence-electron chi connectivity index (χ4n) is 3.16. The summed E-state index contributed by atoms with van der Waals surface area (Å²) in [6, 6.07) is 0. The molecule has 0 aromatic carbocycles. The molecule has 0 aliphatic rings. The van der Waals surface area contributed by atoms with Crippen LogP contribution in [-0.4, -0.2) is 180 Å². The first kappa shape index (κ1) is 84.5. The van der Waals surface area contributed by atoms with E-state index in [1.807, 2.05) is 13.8 Å². The van der Waals surface area contributed by atoms with E-state index in [0.29, 0.717) is 77.0 Å². The number of amides is 6. The molecule has 7 N–H and O–H groups in total. The second-order valence-corrected chi connectivity index (χ2v) is 21.1. The van der Waals surface area contributed by atoms with Gasteiger partial charge in [-0.25, -0.2) is 0 Å². The number of rotatable bonds is 30. The molecule has 30 heteroatoms. The van der Waals surface area contributed by atoms with Crippen molar-refractivity contribution in [1.29, 1.82) is 0 Å². The maximum absolute atomic E-state index is 11.6. The number of nitrogens with one attached hydrogen (secondary N) is 4. The monoisotopic (exact) mass is 1290 g/mol. The quantitative estimate of drug-likeness (QED) is 0.0120. The van der Waals surface area contributed by atoms with Gasteiger partial charge < -0.3 is 82.1 Å². The number of nitrogens with zero attached hydrogens (tertiary/aromatic N) is 2. The van der Waals surface area contributed by atoms with Gasteiger partial charge in [0.2, 0.25) is 23.6 Å². The Labute approximate surface area is 445 Å². The Morgan fingerprint density at radius 2 is 0.846 bits per heavy atom. The SMILES string of the molecule is C.C.C.CC.O=C(CS)NCCCNC(=O)CSSCC(=O)NCCCNC(=O)CS.O=C(C[S-])[N-]CCC[N-]C(=O)C[S-].O=C(O)CCP(CCC(=O)O)CCC(=O)O.[Cl][Sn][Cl].[O]=[Tc+4]. The van der Waals surface area contributed by atoms with Crippen LogP contribution in [0.1, 0.15) is 74.7 Å². The molecule has 0 saturated carbocycles. The third-order valence-electron chi connectivity index (χ3n) is 5.81. The Morgan fingerprint density at radius 3 is 1.08 bits per heavy atom. The van der Waals surface area contributed by atoms with E-state index in [0.717, 1.165) is 18.9 Å². The van der Waals surface area contributed by atoms with Crippen LogP contribution in [0.25, 0.3) is 10.6 Å². The Hall–Kier alpha value is -0.412. The summed E-state index contributed by atoms with van der Waals surface area (Å²) in [5, 5.41) is 43.5. The maximum atomic E-state index is 11.6. The van der Waals surface area contributed by atoms with Crippen LogP contribution in [-0.2, 0) is 90.8 Å². The Morgan fingerprint density at radius 1 is 0.585 bits per heavy atom. The molecular weight excluding hydrogens is 1220 g/mol. The van der Waals surface area contributed by atoms with Crippen molar-refractivity contribution in [3.05, 3.63) is 10.6 Å². The molecule has 0 spiro atoms. The summed E-state index contributed by atoms with van der Waals surface area (Å²) in [6.45, 7) is 6.73. The van der Waals surface area contributed by atoms with E-state index in [4.69, 9.17) is 36.7 Å². The molecule has 0 unspecified atom stereocenters. The Bertz CT molecular complexity index is 1130. The molecular formula is C35H69Cl2N6O13PS6SnTc. The van der Waals surface area contributed by atoms with Crippen LogP contribution in [0.2, 0.25) is 0 Å². The number of hydrogen-bond acceptors (Lipinski definition) is 16. The van der Waals surface area contributed by atoms with E-state index < -0.39 is 44.7 Å². The molecule has 65 heavy (non-hydrogen) atoms. The number of thiol groups is 2. The number of carbonyl (C=O) groups is 9. The molecule has 0 atom stereocenters. The zero-order valence-corrected chi connectivity index (χ0v) is 46.4. The summed E-state index contributed by atoms with van der Waals surface area (Å²) in [4.78, 5) is 97.3. The molecule has 2 radical (unpaired) electrons. The average molecular weight is 1290 g/mol. The van der Waals surface area contributed by atoms with E-state index in [9.17, 15) is 43.2 Å². The number of halogens is 2. The summed E-state index contributed by atoms with van der Waals surface area (Å²) < 4.78 is 8.22. The number of carboxylic acids is 3. The average Bonchev–Trinajstić information content (AvgIpc) is 3.25. The van der Waals surface area contributed by atoms with Gasteiger partial charge in [-0.2, -0.15) is 25.3 Å².